The summed E-state index contributed by atoms with van der Waals surface area (Å²) in [7, 11) is 0. The summed E-state index contributed by atoms with van der Waals surface area (Å²) < 4.78 is 5.73. The predicted molar refractivity (Wildman–Crippen MR) is 82.4 cm³/mol. The third-order valence-corrected chi connectivity index (χ3v) is 3.20. The summed E-state index contributed by atoms with van der Waals surface area (Å²) in [6.07, 6.45) is 2.48. The highest BCUT2D eigenvalue weighted by atomic mass is 16.5. The first-order valence-electron chi connectivity index (χ1n) is 7.35. The molecule has 0 aromatic heterocycles. The first-order valence-corrected chi connectivity index (χ1v) is 7.35. The van der Waals surface area contributed by atoms with Crippen molar-refractivity contribution < 1.29 is 4.74 Å². The van der Waals surface area contributed by atoms with E-state index in [2.05, 4.69) is 64.2 Å². The lowest BCUT2D eigenvalue weighted by Crippen LogP contribution is -2.37. The van der Waals surface area contributed by atoms with Crippen LogP contribution in [0.15, 0.2) is 24.3 Å². The minimum Gasteiger partial charge on any atom is -0.374 e. The SMILES string of the molecule is CCC(C)OCc1ccc(CCNC(C)(C)C)cc1. The molecule has 1 aromatic carbocycles. The summed E-state index contributed by atoms with van der Waals surface area (Å²) in [4.78, 5) is 0. The molecule has 1 unspecified atom stereocenters. The van der Waals surface area contributed by atoms with Crippen molar-refractivity contribution in [3.63, 3.8) is 0 Å². The second kappa shape index (κ2) is 7.66. The zero-order valence-corrected chi connectivity index (χ0v) is 13.1. The van der Waals surface area contributed by atoms with Gasteiger partial charge in [0.15, 0.2) is 0 Å². The maximum absolute atomic E-state index is 5.73. The van der Waals surface area contributed by atoms with E-state index < -0.39 is 0 Å². The Bertz CT molecular complexity index is 351. The van der Waals surface area contributed by atoms with Crippen LogP contribution in [0.4, 0.5) is 0 Å². The van der Waals surface area contributed by atoms with E-state index in [-0.39, 0.29) is 5.54 Å². The van der Waals surface area contributed by atoms with Crippen molar-refractivity contribution in [1.82, 2.24) is 5.32 Å². The average Bonchev–Trinajstić information content (AvgIpc) is 2.36. The van der Waals surface area contributed by atoms with Crippen molar-refractivity contribution in [3.8, 4) is 0 Å². The average molecular weight is 263 g/mol. The van der Waals surface area contributed by atoms with E-state index >= 15 is 0 Å². The van der Waals surface area contributed by atoms with Crippen LogP contribution in [0.1, 0.15) is 52.2 Å². The summed E-state index contributed by atoms with van der Waals surface area (Å²) in [6, 6.07) is 8.77. The van der Waals surface area contributed by atoms with Crippen LogP contribution in [0.5, 0.6) is 0 Å². The molecule has 2 heteroatoms. The van der Waals surface area contributed by atoms with Gasteiger partial charge in [0, 0.05) is 5.54 Å². The molecule has 0 saturated heterocycles. The Morgan fingerprint density at radius 2 is 1.68 bits per heavy atom. The van der Waals surface area contributed by atoms with Crippen LogP contribution in [-0.4, -0.2) is 18.2 Å². The van der Waals surface area contributed by atoms with Crippen LogP contribution >= 0.6 is 0 Å². The number of nitrogens with one attached hydrogen (secondary N) is 1. The number of hydrogen-bond donors (Lipinski definition) is 1. The fourth-order valence-electron chi connectivity index (χ4n) is 1.74. The fraction of sp³-hybridized carbons (Fsp3) is 0.647. The molecule has 1 aromatic rings. The highest BCUT2D eigenvalue weighted by Gasteiger charge is 2.07. The molecule has 1 N–H and O–H groups in total. The molecule has 19 heavy (non-hydrogen) atoms. The second-order valence-electron chi connectivity index (χ2n) is 6.27. The molecule has 1 atom stereocenters. The number of rotatable bonds is 7. The lowest BCUT2D eigenvalue weighted by molar-refractivity contribution is 0.0508. The Hall–Kier alpha value is -0.860. The van der Waals surface area contributed by atoms with Gasteiger partial charge in [-0.15, -0.1) is 0 Å². The molecule has 0 aliphatic heterocycles. The summed E-state index contributed by atoms with van der Waals surface area (Å²) in [6.45, 7) is 12.6. The van der Waals surface area contributed by atoms with Crippen LogP contribution in [-0.2, 0) is 17.8 Å². The monoisotopic (exact) mass is 263 g/mol. The molecule has 108 valence electrons. The van der Waals surface area contributed by atoms with Crippen LogP contribution in [0.25, 0.3) is 0 Å². The van der Waals surface area contributed by atoms with Gasteiger partial charge in [0.1, 0.15) is 0 Å². The molecule has 0 spiro atoms. The van der Waals surface area contributed by atoms with E-state index in [1.54, 1.807) is 0 Å². The molecule has 0 fully saturated rings. The third-order valence-electron chi connectivity index (χ3n) is 3.20. The van der Waals surface area contributed by atoms with Gasteiger partial charge < -0.3 is 10.1 Å². The Morgan fingerprint density at radius 1 is 1.11 bits per heavy atom. The van der Waals surface area contributed by atoms with Gasteiger partial charge >= 0.3 is 0 Å². The first kappa shape index (κ1) is 16.2. The summed E-state index contributed by atoms with van der Waals surface area (Å²) in [5.41, 5.74) is 2.83. The zero-order chi connectivity index (χ0) is 14.3. The summed E-state index contributed by atoms with van der Waals surface area (Å²) in [5, 5.41) is 3.51. The Kier molecular flexibility index (Phi) is 6.53. The molecule has 1 rings (SSSR count). The molecule has 2 nitrogen and oxygen atoms in total. The quantitative estimate of drug-likeness (QED) is 0.804. The smallest absolute Gasteiger partial charge is 0.0720 e. The molecular formula is C17H29NO. The molecular weight excluding hydrogens is 234 g/mol. The van der Waals surface area contributed by atoms with Crippen molar-refractivity contribution in [2.75, 3.05) is 6.54 Å². The molecule has 0 aliphatic carbocycles. The summed E-state index contributed by atoms with van der Waals surface area (Å²) >= 11 is 0. The van der Waals surface area contributed by atoms with Crippen LogP contribution < -0.4 is 5.32 Å². The van der Waals surface area contributed by atoms with Crippen molar-refractivity contribution in [2.45, 2.75) is 65.7 Å². The van der Waals surface area contributed by atoms with E-state index in [1.165, 1.54) is 11.1 Å². The predicted octanol–water partition coefficient (Wildman–Crippen LogP) is 3.93. The molecule has 0 heterocycles. The Morgan fingerprint density at radius 3 is 2.21 bits per heavy atom. The van der Waals surface area contributed by atoms with E-state index in [0.29, 0.717) is 6.10 Å². The van der Waals surface area contributed by atoms with Gasteiger partial charge in [-0.05, 0) is 58.2 Å². The highest BCUT2D eigenvalue weighted by molar-refractivity contribution is 5.22. The maximum atomic E-state index is 5.73. The fourth-order valence-corrected chi connectivity index (χ4v) is 1.74. The summed E-state index contributed by atoms with van der Waals surface area (Å²) in [5.74, 6) is 0. The van der Waals surface area contributed by atoms with Crippen molar-refractivity contribution in [1.29, 1.82) is 0 Å². The Labute approximate surface area is 118 Å². The van der Waals surface area contributed by atoms with E-state index in [9.17, 15) is 0 Å². The largest absolute Gasteiger partial charge is 0.374 e. The number of benzene rings is 1. The molecule has 0 radical (unpaired) electrons. The second-order valence-corrected chi connectivity index (χ2v) is 6.27. The van der Waals surface area contributed by atoms with Crippen molar-refractivity contribution in [2.24, 2.45) is 0 Å². The van der Waals surface area contributed by atoms with Gasteiger partial charge in [-0.2, -0.15) is 0 Å². The topological polar surface area (TPSA) is 21.3 Å². The van der Waals surface area contributed by atoms with Gasteiger partial charge in [-0.25, -0.2) is 0 Å². The maximum Gasteiger partial charge on any atom is 0.0720 e. The van der Waals surface area contributed by atoms with Crippen molar-refractivity contribution in [3.05, 3.63) is 35.4 Å². The van der Waals surface area contributed by atoms with Crippen molar-refractivity contribution >= 4 is 0 Å². The van der Waals surface area contributed by atoms with E-state index in [1.807, 2.05) is 0 Å². The normalized spacial score (nSPS) is 13.5. The van der Waals surface area contributed by atoms with Gasteiger partial charge in [0.2, 0.25) is 0 Å². The standard InChI is InChI=1S/C17H29NO/c1-6-14(2)19-13-16-9-7-15(8-10-16)11-12-18-17(3,4)5/h7-10,14,18H,6,11-13H2,1-5H3. The lowest BCUT2D eigenvalue weighted by Gasteiger charge is -2.20. The first-order chi connectivity index (χ1) is 8.90. The minimum atomic E-state index is 0.198. The van der Waals surface area contributed by atoms with Gasteiger partial charge in [-0.3, -0.25) is 0 Å². The lowest BCUT2D eigenvalue weighted by atomic mass is 10.1. The van der Waals surface area contributed by atoms with E-state index in [4.69, 9.17) is 4.74 Å². The highest BCUT2D eigenvalue weighted by Crippen LogP contribution is 2.09. The molecule has 0 bridgehead atoms. The minimum absolute atomic E-state index is 0.198. The third kappa shape index (κ3) is 7.34. The van der Waals surface area contributed by atoms with Crippen LogP contribution in [0, 0.1) is 0 Å². The van der Waals surface area contributed by atoms with E-state index in [0.717, 1.165) is 26.0 Å². The number of ether oxygens (including phenoxy) is 1. The van der Waals surface area contributed by atoms with Crippen LogP contribution in [0.3, 0.4) is 0 Å². The molecule has 0 amide bonds. The molecule has 0 saturated carbocycles. The van der Waals surface area contributed by atoms with Gasteiger partial charge in [0.05, 0.1) is 12.7 Å². The van der Waals surface area contributed by atoms with Gasteiger partial charge in [0.25, 0.3) is 0 Å². The Balaban J connectivity index is 2.35. The zero-order valence-electron chi connectivity index (χ0n) is 13.1. The van der Waals surface area contributed by atoms with Gasteiger partial charge in [-0.1, -0.05) is 31.2 Å². The molecule has 0 aliphatic rings. The van der Waals surface area contributed by atoms with Crippen LogP contribution in [0.2, 0.25) is 0 Å². The number of hydrogen-bond acceptors (Lipinski definition) is 2.